The predicted molar refractivity (Wildman–Crippen MR) is 82.5 cm³/mol. The molecule has 106 valence electrons. The van der Waals surface area contributed by atoms with Crippen LogP contribution < -0.4 is 5.32 Å². The van der Waals surface area contributed by atoms with Crippen LogP contribution in [0.4, 0.5) is 0 Å². The molecule has 1 fully saturated rings. The van der Waals surface area contributed by atoms with Crippen LogP contribution in [0.3, 0.4) is 0 Å². The van der Waals surface area contributed by atoms with Gasteiger partial charge in [0.25, 0.3) is 0 Å². The van der Waals surface area contributed by atoms with Crippen LogP contribution in [-0.2, 0) is 6.42 Å². The van der Waals surface area contributed by atoms with Crippen molar-refractivity contribution in [2.45, 2.75) is 51.6 Å². The first kappa shape index (κ1) is 14.5. The Kier molecular flexibility index (Phi) is 5.87. The van der Waals surface area contributed by atoms with Crippen LogP contribution in [0.15, 0.2) is 30.3 Å². The van der Waals surface area contributed by atoms with Crippen LogP contribution in [0, 0.1) is 0 Å². The average Bonchev–Trinajstić information content (AvgIpc) is 2.44. The van der Waals surface area contributed by atoms with Crippen LogP contribution in [0.1, 0.15) is 38.7 Å². The van der Waals surface area contributed by atoms with Gasteiger partial charge in [-0.05, 0) is 31.9 Å². The van der Waals surface area contributed by atoms with E-state index in [0.29, 0.717) is 12.1 Å². The Morgan fingerprint density at radius 1 is 1.21 bits per heavy atom. The van der Waals surface area contributed by atoms with Crippen molar-refractivity contribution in [2.75, 3.05) is 19.6 Å². The third kappa shape index (κ3) is 4.63. The highest BCUT2D eigenvalue weighted by molar-refractivity contribution is 5.16. The molecule has 1 aliphatic heterocycles. The minimum absolute atomic E-state index is 0.611. The van der Waals surface area contributed by atoms with E-state index in [1.165, 1.54) is 37.9 Å². The van der Waals surface area contributed by atoms with Crippen molar-refractivity contribution >= 4 is 0 Å². The number of hydrogen-bond donors (Lipinski definition) is 1. The molecule has 1 saturated heterocycles. The van der Waals surface area contributed by atoms with E-state index in [4.69, 9.17) is 0 Å². The van der Waals surface area contributed by atoms with Gasteiger partial charge in [-0.1, -0.05) is 50.1 Å². The van der Waals surface area contributed by atoms with Gasteiger partial charge in [0.1, 0.15) is 0 Å². The molecule has 1 aliphatic rings. The fourth-order valence-corrected chi connectivity index (χ4v) is 2.91. The molecule has 0 bridgehead atoms. The zero-order valence-corrected chi connectivity index (χ0v) is 12.4. The standard InChI is InChI=1S/C17H28N2/c1-3-4-8-11-19-14-17(18-13-15(19)2)12-16-9-6-5-7-10-16/h5-7,9-10,15,17-18H,3-4,8,11-14H2,1-2H3. The maximum atomic E-state index is 3.70. The average molecular weight is 260 g/mol. The molecule has 0 amide bonds. The molecule has 0 radical (unpaired) electrons. The molecule has 0 aromatic heterocycles. The van der Waals surface area contributed by atoms with E-state index in [9.17, 15) is 0 Å². The van der Waals surface area contributed by atoms with Gasteiger partial charge in [-0.25, -0.2) is 0 Å². The summed E-state index contributed by atoms with van der Waals surface area (Å²) in [4.78, 5) is 2.67. The Balaban J connectivity index is 1.83. The Labute approximate surface area is 118 Å². The normalized spacial score (nSPS) is 24.5. The first-order valence-electron chi connectivity index (χ1n) is 7.81. The van der Waals surface area contributed by atoms with Gasteiger partial charge in [-0.2, -0.15) is 0 Å². The van der Waals surface area contributed by atoms with E-state index < -0.39 is 0 Å². The monoisotopic (exact) mass is 260 g/mol. The number of nitrogens with one attached hydrogen (secondary N) is 1. The molecule has 2 unspecified atom stereocenters. The van der Waals surface area contributed by atoms with Crippen LogP contribution in [-0.4, -0.2) is 36.6 Å². The predicted octanol–water partition coefficient (Wildman–Crippen LogP) is 3.08. The van der Waals surface area contributed by atoms with Crippen molar-refractivity contribution in [1.82, 2.24) is 10.2 Å². The molecule has 1 aromatic carbocycles. The SMILES string of the molecule is CCCCCN1CC(Cc2ccccc2)NCC1C. The Bertz CT molecular complexity index is 350. The minimum atomic E-state index is 0.611. The van der Waals surface area contributed by atoms with Crippen LogP contribution in [0.25, 0.3) is 0 Å². The van der Waals surface area contributed by atoms with Gasteiger partial charge in [0.15, 0.2) is 0 Å². The summed E-state index contributed by atoms with van der Waals surface area (Å²) >= 11 is 0. The molecule has 0 saturated carbocycles. The maximum absolute atomic E-state index is 3.70. The smallest absolute Gasteiger partial charge is 0.0236 e. The van der Waals surface area contributed by atoms with Crippen molar-refractivity contribution < 1.29 is 0 Å². The highest BCUT2D eigenvalue weighted by Crippen LogP contribution is 2.12. The number of benzene rings is 1. The third-order valence-electron chi connectivity index (χ3n) is 4.15. The van der Waals surface area contributed by atoms with E-state index in [1.807, 2.05) is 0 Å². The molecular formula is C17H28N2. The number of nitrogens with zero attached hydrogens (tertiary/aromatic N) is 1. The highest BCUT2D eigenvalue weighted by Gasteiger charge is 2.24. The zero-order valence-electron chi connectivity index (χ0n) is 12.4. The summed E-state index contributed by atoms with van der Waals surface area (Å²) in [7, 11) is 0. The Hall–Kier alpha value is -0.860. The molecule has 2 heteroatoms. The highest BCUT2D eigenvalue weighted by atomic mass is 15.2. The van der Waals surface area contributed by atoms with Crippen LogP contribution in [0.2, 0.25) is 0 Å². The minimum Gasteiger partial charge on any atom is -0.311 e. The molecule has 19 heavy (non-hydrogen) atoms. The summed E-state index contributed by atoms with van der Waals surface area (Å²) in [5.74, 6) is 0. The lowest BCUT2D eigenvalue weighted by atomic mass is 10.0. The molecule has 1 aromatic rings. The van der Waals surface area contributed by atoms with Gasteiger partial charge in [0.05, 0.1) is 0 Å². The largest absolute Gasteiger partial charge is 0.311 e. The molecule has 1 N–H and O–H groups in total. The van der Waals surface area contributed by atoms with Gasteiger partial charge in [0, 0.05) is 25.2 Å². The van der Waals surface area contributed by atoms with E-state index in [-0.39, 0.29) is 0 Å². The number of unbranched alkanes of at least 4 members (excludes halogenated alkanes) is 2. The molecular weight excluding hydrogens is 232 g/mol. The van der Waals surface area contributed by atoms with Gasteiger partial charge in [0.2, 0.25) is 0 Å². The summed E-state index contributed by atoms with van der Waals surface area (Å²) in [5.41, 5.74) is 1.45. The lowest BCUT2D eigenvalue weighted by Gasteiger charge is -2.39. The maximum Gasteiger partial charge on any atom is 0.0236 e. The Morgan fingerprint density at radius 2 is 2.00 bits per heavy atom. The van der Waals surface area contributed by atoms with Crippen molar-refractivity contribution in [3.05, 3.63) is 35.9 Å². The summed E-state index contributed by atoms with van der Waals surface area (Å²) in [6.45, 7) is 8.21. The molecule has 2 rings (SSSR count). The van der Waals surface area contributed by atoms with Crippen molar-refractivity contribution in [1.29, 1.82) is 0 Å². The first-order valence-corrected chi connectivity index (χ1v) is 7.81. The van der Waals surface area contributed by atoms with E-state index in [1.54, 1.807) is 0 Å². The second-order valence-corrected chi connectivity index (χ2v) is 5.85. The lowest BCUT2D eigenvalue weighted by molar-refractivity contribution is 0.138. The van der Waals surface area contributed by atoms with Gasteiger partial charge in [-0.15, -0.1) is 0 Å². The summed E-state index contributed by atoms with van der Waals surface area (Å²) in [5, 5.41) is 3.70. The van der Waals surface area contributed by atoms with Gasteiger partial charge < -0.3 is 5.32 Å². The van der Waals surface area contributed by atoms with Crippen molar-refractivity contribution in [3.63, 3.8) is 0 Å². The third-order valence-corrected chi connectivity index (χ3v) is 4.15. The van der Waals surface area contributed by atoms with Crippen molar-refractivity contribution in [2.24, 2.45) is 0 Å². The summed E-state index contributed by atoms with van der Waals surface area (Å²) in [6, 6.07) is 12.1. The van der Waals surface area contributed by atoms with E-state index >= 15 is 0 Å². The van der Waals surface area contributed by atoms with E-state index in [0.717, 1.165) is 13.0 Å². The number of hydrogen-bond acceptors (Lipinski definition) is 2. The van der Waals surface area contributed by atoms with Crippen LogP contribution in [0.5, 0.6) is 0 Å². The molecule has 0 aliphatic carbocycles. The number of piperazine rings is 1. The zero-order chi connectivity index (χ0) is 13.5. The van der Waals surface area contributed by atoms with Crippen molar-refractivity contribution in [3.8, 4) is 0 Å². The Morgan fingerprint density at radius 3 is 2.74 bits per heavy atom. The van der Waals surface area contributed by atoms with Gasteiger partial charge in [-0.3, -0.25) is 4.90 Å². The molecule has 2 nitrogen and oxygen atoms in total. The fourth-order valence-electron chi connectivity index (χ4n) is 2.91. The molecule has 0 spiro atoms. The van der Waals surface area contributed by atoms with Gasteiger partial charge >= 0.3 is 0 Å². The fraction of sp³-hybridized carbons (Fsp3) is 0.647. The topological polar surface area (TPSA) is 15.3 Å². The molecule has 2 atom stereocenters. The summed E-state index contributed by atoms with van der Waals surface area (Å²) in [6.07, 6.45) is 5.17. The number of rotatable bonds is 6. The second-order valence-electron chi connectivity index (χ2n) is 5.85. The van der Waals surface area contributed by atoms with E-state index in [2.05, 4.69) is 54.4 Å². The lowest BCUT2D eigenvalue weighted by Crippen LogP contribution is -2.56. The first-order chi connectivity index (χ1) is 9.29. The summed E-state index contributed by atoms with van der Waals surface area (Å²) < 4.78 is 0. The second kappa shape index (κ2) is 7.66. The quantitative estimate of drug-likeness (QED) is 0.791. The molecule has 1 heterocycles. The van der Waals surface area contributed by atoms with Crippen LogP contribution >= 0.6 is 0 Å².